The molecule has 6 heteroatoms. The van der Waals surface area contributed by atoms with E-state index in [0.717, 1.165) is 11.1 Å². The topological polar surface area (TPSA) is 43.8 Å². The highest BCUT2D eigenvalue weighted by Crippen LogP contribution is 2.33. The average Bonchev–Trinajstić information content (AvgIpc) is 3.05. The molecule has 0 aliphatic carbocycles. The first-order valence-electron chi connectivity index (χ1n) is 9.71. The molecule has 0 aromatic heterocycles. The molecular weight excluding hydrogens is 362 g/mol. The van der Waals surface area contributed by atoms with Gasteiger partial charge in [-0.25, -0.2) is 8.78 Å². The Morgan fingerprint density at radius 2 is 1.71 bits per heavy atom. The second-order valence-electron chi connectivity index (χ2n) is 7.69. The van der Waals surface area contributed by atoms with Crippen molar-refractivity contribution in [3.63, 3.8) is 0 Å². The van der Waals surface area contributed by atoms with Crippen LogP contribution in [0, 0.1) is 5.82 Å². The number of amides is 1. The Bertz CT molecular complexity index is 825. The molecule has 2 aliphatic rings. The van der Waals surface area contributed by atoms with Crippen LogP contribution in [0.25, 0.3) is 0 Å². The van der Waals surface area contributed by atoms with E-state index in [1.54, 1.807) is 41.3 Å². The zero-order valence-corrected chi connectivity index (χ0v) is 15.6. The number of piperidine rings is 1. The largest absolute Gasteiger partial charge is 0.508 e. The summed E-state index contributed by atoms with van der Waals surface area (Å²) in [4.78, 5) is 16.6. The van der Waals surface area contributed by atoms with Gasteiger partial charge in [0.05, 0.1) is 6.04 Å². The van der Waals surface area contributed by atoms with Gasteiger partial charge in [-0.05, 0) is 54.8 Å². The summed E-state index contributed by atoms with van der Waals surface area (Å²) < 4.78 is 27.9. The van der Waals surface area contributed by atoms with E-state index in [1.807, 2.05) is 4.90 Å². The standard InChI is InChI=1S/C22H24F2N2O2/c23-17-5-1-15(2-6-17)13-26-12-10-21(22(26)28)25-11-9-19(20(24)14-25)16-3-7-18(27)8-4-16/h1-8,19-21,27H,9-14H2/t19-,20+,21-/m0/s1. The molecule has 0 radical (unpaired) electrons. The Hall–Kier alpha value is -2.47. The lowest BCUT2D eigenvalue weighted by molar-refractivity contribution is -0.133. The van der Waals surface area contributed by atoms with Crippen LogP contribution < -0.4 is 0 Å². The number of carbonyl (C=O) groups is 1. The number of benzene rings is 2. The number of halogens is 2. The van der Waals surface area contributed by atoms with Gasteiger partial charge >= 0.3 is 0 Å². The van der Waals surface area contributed by atoms with Crippen molar-refractivity contribution in [3.05, 3.63) is 65.5 Å². The van der Waals surface area contributed by atoms with Gasteiger partial charge in [-0.15, -0.1) is 0 Å². The summed E-state index contributed by atoms with van der Waals surface area (Å²) in [6.07, 6.45) is 0.293. The molecule has 4 nitrogen and oxygen atoms in total. The molecular formula is C22H24F2N2O2. The minimum absolute atomic E-state index is 0.0274. The lowest BCUT2D eigenvalue weighted by Crippen LogP contribution is -2.49. The molecule has 0 saturated carbocycles. The van der Waals surface area contributed by atoms with Crippen molar-refractivity contribution >= 4 is 5.91 Å². The van der Waals surface area contributed by atoms with Gasteiger partial charge in [0.15, 0.2) is 0 Å². The first-order chi connectivity index (χ1) is 13.5. The van der Waals surface area contributed by atoms with E-state index in [-0.39, 0.29) is 36.0 Å². The molecule has 148 valence electrons. The van der Waals surface area contributed by atoms with Crippen LogP contribution in [0.15, 0.2) is 48.5 Å². The SMILES string of the molecule is O=C1[C@@H](N2CC[C@@H](c3ccc(O)cc3)[C@H](F)C2)CCN1Cc1ccc(F)cc1. The molecule has 0 bridgehead atoms. The molecule has 1 N–H and O–H groups in total. The zero-order chi connectivity index (χ0) is 19.7. The third-order valence-electron chi connectivity index (χ3n) is 5.89. The van der Waals surface area contributed by atoms with Crippen molar-refractivity contribution in [2.75, 3.05) is 19.6 Å². The van der Waals surface area contributed by atoms with Crippen LogP contribution in [-0.4, -0.2) is 52.7 Å². The number of hydrogen-bond acceptors (Lipinski definition) is 3. The summed E-state index contributed by atoms with van der Waals surface area (Å²) >= 11 is 0. The molecule has 0 unspecified atom stereocenters. The zero-order valence-electron chi connectivity index (χ0n) is 15.6. The number of phenols is 1. The van der Waals surface area contributed by atoms with E-state index in [1.165, 1.54) is 12.1 Å². The molecule has 2 saturated heterocycles. The molecule has 2 aromatic carbocycles. The number of hydrogen-bond donors (Lipinski definition) is 1. The predicted molar refractivity (Wildman–Crippen MR) is 102 cm³/mol. The predicted octanol–water partition coefficient (Wildman–Crippen LogP) is 3.46. The van der Waals surface area contributed by atoms with Crippen molar-refractivity contribution in [3.8, 4) is 5.75 Å². The first kappa shape index (κ1) is 18.9. The Morgan fingerprint density at radius 3 is 2.39 bits per heavy atom. The van der Waals surface area contributed by atoms with Gasteiger partial charge < -0.3 is 10.0 Å². The van der Waals surface area contributed by atoms with E-state index >= 15 is 0 Å². The van der Waals surface area contributed by atoms with Gasteiger partial charge in [0.25, 0.3) is 0 Å². The van der Waals surface area contributed by atoms with Crippen LogP contribution in [0.5, 0.6) is 5.75 Å². The second-order valence-corrected chi connectivity index (χ2v) is 7.69. The Labute approximate surface area is 163 Å². The molecule has 2 heterocycles. The molecule has 28 heavy (non-hydrogen) atoms. The van der Waals surface area contributed by atoms with Gasteiger partial charge in [0.2, 0.25) is 5.91 Å². The lowest BCUT2D eigenvalue weighted by atomic mass is 9.87. The number of phenolic OH excluding ortho intramolecular Hbond substituents is 1. The highest BCUT2D eigenvalue weighted by Gasteiger charge is 2.40. The lowest BCUT2D eigenvalue weighted by Gasteiger charge is -2.37. The molecule has 2 aromatic rings. The highest BCUT2D eigenvalue weighted by molar-refractivity contribution is 5.84. The number of rotatable bonds is 4. The Kier molecular flexibility index (Phi) is 5.31. The monoisotopic (exact) mass is 386 g/mol. The van der Waals surface area contributed by atoms with E-state index in [0.29, 0.717) is 32.5 Å². The number of carbonyl (C=O) groups excluding carboxylic acids is 1. The molecule has 3 atom stereocenters. The van der Waals surface area contributed by atoms with Crippen LogP contribution in [0.1, 0.15) is 29.9 Å². The number of likely N-dealkylation sites (tertiary alicyclic amines) is 2. The van der Waals surface area contributed by atoms with E-state index in [9.17, 15) is 18.7 Å². The number of aromatic hydroxyl groups is 1. The minimum Gasteiger partial charge on any atom is -0.508 e. The summed E-state index contributed by atoms with van der Waals surface area (Å²) in [6.45, 7) is 2.01. The smallest absolute Gasteiger partial charge is 0.240 e. The third-order valence-corrected chi connectivity index (χ3v) is 5.89. The van der Waals surface area contributed by atoms with Gasteiger partial charge in [-0.3, -0.25) is 9.69 Å². The van der Waals surface area contributed by atoms with Crippen molar-refractivity contribution in [1.29, 1.82) is 0 Å². The van der Waals surface area contributed by atoms with Crippen molar-refractivity contribution in [2.45, 2.75) is 37.5 Å². The molecule has 0 spiro atoms. The van der Waals surface area contributed by atoms with Gasteiger partial charge in [0.1, 0.15) is 17.7 Å². The fourth-order valence-electron chi connectivity index (χ4n) is 4.34. The van der Waals surface area contributed by atoms with Crippen LogP contribution in [0.4, 0.5) is 8.78 Å². The van der Waals surface area contributed by atoms with Crippen molar-refractivity contribution < 1.29 is 18.7 Å². The summed E-state index contributed by atoms with van der Waals surface area (Å²) in [6, 6.07) is 12.6. The van der Waals surface area contributed by atoms with Gasteiger partial charge in [0, 0.05) is 25.6 Å². The maximum Gasteiger partial charge on any atom is 0.240 e. The van der Waals surface area contributed by atoms with Crippen LogP contribution in [0.3, 0.4) is 0 Å². The van der Waals surface area contributed by atoms with Gasteiger partial charge in [-0.2, -0.15) is 0 Å². The van der Waals surface area contributed by atoms with Crippen molar-refractivity contribution in [2.24, 2.45) is 0 Å². The highest BCUT2D eigenvalue weighted by atomic mass is 19.1. The number of alkyl halides is 1. The maximum atomic E-state index is 14.9. The fraction of sp³-hybridized carbons (Fsp3) is 0.409. The van der Waals surface area contributed by atoms with Crippen LogP contribution in [0.2, 0.25) is 0 Å². The first-order valence-corrected chi connectivity index (χ1v) is 9.71. The van der Waals surface area contributed by atoms with E-state index in [2.05, 4.69) is 0 Å². The van der Waals surface area contributed by atoms with Crippen LogP contribution >= 0.6 is 0 Å². The fourth-order valence-corrected chi connectivity index (χ4v) is 4.34. The summed E-state index contributed by atoms with van der Waals surface area (Å²) in [5, 5.41) is 9.42. The van der Waals surface area contributed by atoms with E-state index < -0.39 is 6.17 Å². The Morgan fingerprint density at radius 1 is 1.00 bits per heavy atom. The quantitative estimate of drug-likeness (QED) is 0.875. The molecule has 2 fully saturated rings. The van der Waals surface area contributed by atoms with Crippen LogP contribution in [-0.2, 0) is 11.3 Å². The van der Waals surface area contributed by atoms with Gasteiger partial charge in [-0.1, -0.05) is 24.3 Å². The summed E-state index contributed by atoms with van der Waals surface area (Å²) in [5.41, 5.74) is 1.78. The Balaban J connectivity index is 1.37. The number of nitrogens with zero attached hydrogens (tertiary/aromatic N) is 2. The third kappa shape index (κ3) is 3.87. The molecule has 4 rings (SSSR count). The molecule has 1 amide bonds. The second kappa shape index (κ2) is 7.87. The average molecular weight is 386 g/mol. The van der Waals surface area contributed by atoms with Crippen molar-refractivity contribution in [1.82, 2.24) is 9.80 Å². The maximum absolute atomic E-state index is 14.9. The summed E-state index contributed by atoms with van der Waals surface area (Å²) in [5.74, 6) is -0.294. The minimum atomic E-state index is -1.04. The molecule has 2 aliphatic heterocycles. The normalized spacial score (nSPS) is 26.0. The van der Waals surface area contributed by atoms with E-state index in [4.69, 9.17) is 0 Å². The summed E-state index contributed by atoms with van der Waals surface area (Å²) in [7, 11) is 0.